The number of ether oxygens (including phenoxy) is 1. The Balaban J connectivity index is 1.19. The molecule has 1 aliphatic rings. The number of hydrogen-bond acceptors (Lipinski definition) is 3. The fourth-order valence-electron chi connectivity index (χ4n) is 6.88. The molecule has 0 bridgehead atoms. The minimum Gasteiger partial charge on any atom is -0.457 e. The van der Waals surface area contributed by atoms with E-state index in [1.807, 2.05) is 67.0 Å². The summed E-state index contributed by atoms with van der Waals surface area (Å²) in [5.41, 5.74) is 10.1. The van der Waals surface area contributed by atoms with Gasteiger partial charge in [0.1, 0.15) is 46.9 Å². The van der Waals surface area contributed by atoms with Gasteiger partial charge in [-0.25, -0.2) is 18.5 Å². The lowest BCUT2D eigenvalue weighted by molar-refractivity contribution is -0.594. The summed E-state index contributed by atoms with van der Waals surface area (Å²) in [7, 11) is 0. The molecule has 5 nitrogen and oxygen atoms in total. The van der Waals surface area contributed by atoms with Crippen molar-refractivity contribution in [2.45, 2.75) is 52.4 Å². The van der Waals surface area contributed by atoms with Gasteiger partial charge < -0.3 is 4.74 Å². The number of imidazole rings is 1. The topological polar surface area (TPSA) is 34.2 Å². The first-order chi connectivity index (χ1) is 24.9. The minimum absolute atomic E-state index is 0.103. The maximum Gasteiger partial charge on any atom is 0.254 e. The third kappa shape index (κ3) is 6.26. The Morgan fingerprint density at radius 3 is 2.00 bits per heavy atom. The first-order valence-corrected chi connectivity index (χ1v) is 17.7. The van der Waals surface area contributed by atoms with Crippen molar-refractivity contribution in [1.82, 2.24) is 9.55 Å². The predicted octanol–water partition coefficient (Wildman–Crippen LogP) is 11.8. The van der Waals surface area contributed by atoms with Gasteiger partial charge in [0.15, 0.2) is 0 Å². The standard InChI is InChI=1S/C46H42FN4O/c1-45(2,3)31-14-17-34(18-15-31)49-24-25-50(30-49)35-10-9-11-36(28-35)52-37-19-21-41-39-13-8-7-12-38(39)40-20-16-33(47)27-42(40)51(43(41)29-37)44-26-32(22-23-48-44)46(4,5)6/h7-30H,1-6H3/q+1. The summed E-state index contributed by atoms with van der Waals surface area (Å²) in [4.78, 5) is 6.93. The highest BCUT2D eigenvalue weighted by molar-refractivity contribution is 6.02. The minimum atomic E-state index is -0.311. The summed E-state index contributed by atoms with van der Waals surface area (Å²) in [6, 6.07) is 40.3. The molecule has 258 valence electrons. The summed E-state index contributed by atoms with van der Waals surface area (Å²) < 4.78 is 26.0. The van der Waals surface area contributed by atoms with Gasteiger partial charge in [-0.3, -0.25) is 4.90 Å². The van der Waals surface area contributed by atoms with Gasteiger partial charge in [0.05, 0.1) is 11.4 Å². The predicted molar refractivity (Wildman–Crippen MR) is 208 cm³/mol. The monoisotopic (exact) mass is 685 g/mol. The SMILES string of the molecule is CC(C)(C)c1ccc(-[n+]2ccn(-c3cccc(Oc4ccc5c(c4)N(c4cc(C(C)(C)C)ccn4)c4cc(F)ccc4-c4ccccc4-5)c3)c2)cc1. The first-order valence-electron chi connectivity index (χ1n) is 17.7. The Kier molecular flexibility index (Phi) is 8.06. The van der Waals surface area contributed by atoms with Crippen LogP contribution >= 0.6 is 0 Å². The molecule has 8 rings (SSSR count). The van der Waals surface area contributed by atoms with Crippen molar-refractivity contribution in [3.63, 3.8) is 0 Å². The number of nitrogens with zero attached hydrogens (tertiary/aromatic N) is 4. The molecule has 1 aliphatic heterocycles. The van der Waals surface area contributed by atoms with Crippen molar-refractivity contribution >= 4 is 17.2 Å². The molecule has 0 aliphatic carbocycles. The van der Waals surface area contributed by atoms with Crippen LogP contribution in [0.15, 0.2) is 146 Å². The van der Waals surface area contributed by atoms with Crippen LogP contribution in [0.3, 0.4) is 0 Å². The molecule has 52 heavy (non-hydrogen) atoms. The summed E-state index contributed by atoms with van der Waals surface area (Å²) in [5, 5.41) is 0. The van der Waals surface area contributed by atoms with Crippen LogP contribution in [-0.2, 0) is 10.8 Å². The Hall–Kier alpha value is -6.01. The quantitative estimate of drug-likeness (QED) is 0.169. The summed E-state index contributed by atoms with van der Waals surface area (Å²) >= 11 is 0. The number of hydrogen-bond donors (Lipinski definition) is 0. The maximum atomic E-state index is 15.2. The molecule has 0 fully saturated rings. The molecule has 2 aromatic heterocycles. The molecule has 0 saturated heterocycles. The van der Waals surface area contributed by atoms with Crippen molar-refractivity contribution < 1.29 is 13.7 Å². The van der Waals surface area contributed by atoms with Crippen molar-refractivity contribution in [1.29, 1.82) is 0 Å². The van der Waals surface area contributed by atoms with E-state index in [1.54, 1.807) is 6.07 Å². The van der Waals surface area contributed by atoms with Crippen molar-refractivity contribution in [3.05, 3.63) is 163 Å². The average Bonchev–Trinajstić information content (AvgIpc) is 3.59. The molecule has 3 heterocycles. The second-order valence-corrected chi connectivity index (χ2v) is 15.5. The fourth-order valence-corrected chi connectivity index (χ4v) is 6.88. The van der Waals surface area contributed by atoms with Gasteiger partial charge in [-0.05, 0) is 99.8 Å². The molecule has 5 aromatic carbocycles. The molecule has 0 atom stereocenters. The zero-order valence-electron chi connectivity index (χ0n) is 30.4. The second kappa shape index (κ2) is 12.6. The maximum absolute atomic E-state index is 15.2. The van der Waals surface area contributed by atoms with E-state index in [4.69, 9.17) is 9.72 Å². The number of pyridine rings is 1. The molecule has 0 N–H and O–H groups in total. The van der Waals surface area contributed by atoms with E-state index in [-0.39, 0.29) is 16.6 Å². The summed E-state index contributed by atoms with van der Waals surface area (Å²) in [5.74, 6) is 1.76. The van der Waals surface area contributed by atoms with E-state index in [0.29, 0.717) is 17.3 Å². The zero-order valence-corrected chi connectivity index (χ0v) is 30.4. The number of anilines is 3. The van der Waals surface area contributed by atoms with Crippen molar-refractivity contribution in [2.75, 3.05) is 4.90 Å². The van der Waals surface area contributed by atoms with Crippen LogP contribution in [0.1, 0.15) is 52.7 Å². The average molecular weight is 686 g/mol. The van der Waals surface area contributed by atoms with Crippen LogP contribution in [-0.4, -0.2) is 9.55 Å². The molecule has 6 heteroatoms. The van der Waals surface area contributed by atoms with Crippen molar-refractivity contribution in [3.8, 4) is 45.1 Å². The molecule has 7 aromatic rings. The third-order valence-electron chi connectivity index (χ3n) is 9.78. The Morgan fingerprint density at radius 2 is 1.29 bits per heavy atom. The smallest absolute Gasteiger partial charge is 0.254 e. The molecule has 0 radical (unpaired) electrons. The highest BCUT2D eigenvalue weighted by Crippen LogP contribution is 2.51. The lowest BCUT2D eigenvalue weighted by atomic mass is 9.87. The second-order valence-electron chi connectivity index (χ2n) is 15.5. The highest BCUT2D eigenvalue weighted by Gasteiger charge is 2.29. The van der Waals surface area contributed by atoms with Crippen LogP contribution in [0.25, 0.3) is 33.6 Å². The largest absolute Gasteiger partial charge is 0.457 e. The molecule has 0 unspecified atom stereocenters. The fraction of sp³-hybridized carbons (Fsp3) is 0.174. The van der Waals surface area contributed by atoms with Crippen LogP contribution < -0.4 is 14.2 Å². The van der Waals surface area contributed by atoms with Crippen LogP contribution in [0.5, 0.6) is 11.5 Å². The van der Waals surface area contributed by atoms with Crippen LogP contribution in [0.2, 0.25) is 0 Å². The summed E-state index contributed by atoms with van der Waals surface area (Å²) in [6.07, 6.45) is 8.01. The first kappa shape index (κ1) is 33.2. The lowest BCUT2D eigenvalue weighted by Crippen LogP contribution is -2.27. The normalized spacial score (nSPS) is 12.5. The van der Waals surface area contributed by atoms with E-state index in [0.717, 1.165) is 50.6 Å². The van der Waals surface area contributed by atoms with Crippen LogP contribution in [0, 0.1) is 5.82 Å². The number of benzene rings is 5. The van der Waals surface area contributed by atoms with Crippen LogP contribution in [0.4, 0.5) is 21.6 Å². The molecular weight excluding hydrogens is 644 g/mol. The number of aromatic nitrogens is 3. The van der Waals surface area contributed by atoms with E-state index >= 15 is 4.39 Å². The lowest BCUT2D eigenvalue weighted by Gasteiger charge is -2.28. The third-order valence-corrected chi connectivity index (χ3v) is 9.78. The van der Waals surface area contributed by atoms with Gasteiger partial charge in [-0.1, -0.05) is 84.0 Å². The highest BCUT2D eigenvalue weighted by atomic mass is 19.1. The Morgan fingerprint density at radius 1 is 0.615 bits per heavy atom. The van der Waals surface area contributed by atoms with E-state index in [9.17, 15) is 0 Å². The van der Waals surface area contributed by atoms with E-state index in [1.165, 1.54) is 11.6 Å². The van der Waals surface area contributed by atoms with Gasteiger partial charge in [0, 0.05) is 29.5 Å². The number of fused-ring (bicyclic) bond motifs is 5. The van der Waals surface area contributed by atoms with Gasteiger partial charge in [-0.2, -0.15) is 0 Å². The van der Waals surface area contributed by atoms with Gasteiger partial charge in [-0.15, -0.1) is 0 Å². The van der Waals surface area contributed by atoms with Gasteiger partial charge in [0.25, 0.3) is 6.33 Å². The Bertz CT molecular complexity index is 2430. The molecule has 0 amide bonds. The van der Waals surface area contributed by atoms with Crippen molar-refractivity contribution in [2.24, 2.45) is 0 Å². The zero-order chi connectivity index (χ0) is 36.2. The summed E-state index contributed by atoms with van der Waals surface area (Å²) in [6.45, 7) is 13.2. The van der Waals surface area contributed by atoms with Gasteiger partial charge >= 0.3 is 0 Å². The molecule has 0 spiro atoms. The number of halogens is 1. The number of rotatable bonds is 5. The van der Waals surface area contributed by atoms with E-state index < -0.39 is 0 Å². The molecular formula is C46H42FN4O+. The van der Waals surface area contributed by atoms with Gasteiger partial charge in [0.2, 0.25) is 0 Å². The Labute approximate surface area is 305 Å². The van der Waals surface area contributed by atoms with E-state index in [2.05, 4.69) is 123 Å². The molecule has 0 saturated carbocycles.